The first-order chi connectivity index (χ1) is 13.0. The van der Waals surface area contributed by atoms with Crippen molar-refractivity contribution in [1.29, 1.82) is 0 Å². The largest absolute Gasteiger partial charge is 0.320 e. The van der Waals surface area contributed by atoms with E-state index in [0.717, 1.165) is 27.8 Å². The number of aryl methyl sites for hydroxylation is 2. The van der Waals surface area contributed by atoms with Crippen LogP contribution < -0.4 is 5.56 Å². The van der Waals surface area contributed by atoms with Gasteiger partial charge in [-0.2, -0.15) is 0 Å². The maximum Gasteiger partial charge on any atom is 0.258 e. The fourth-order valence-corrected chi connectivity index (χ4v) is 5.04. The van der Waals surface area contributed by atoms with Gasteiger partial charge in [0, 0.05) is 29.8 Å². The molecular formula is C21H26N4OS. The third kappa shape index (κ3) is 3.55. The SMILES string of the molecule is Cc1nc(SCc2cc(=O)n3cccc(C)c3n2)n(C2CCCCC2)c1C. The Bertz CT molecular complexity index is 1030. The van der Waals surface area contributed by atoms with E-state index in [-0.39, 0.29) is 5.56 Å². The number of rotatable bonds is 4. The van der Waals surface area contributed by atoms with Crippen LogP contribution in [0.15, 0.2) is 34.3 Å². The van der Waals surface area contributed by atoms with Crippen molar-refractivity contribution in [2.24, 2.45) is 0 Å². The van der Waals surface area contributed by atoms with Gasteiger partial charge < -0.3 is 4.57 Å². The van der Waals surface area contributed by atoms with Crippen LogP contribution in [0.1, 0.15) is 60.8 Å². The minimum Gasteiger partial charge on any atom is -0.320 e. The van der Waals surface area contributed by atoms with Crippen molar-refractivity contribution in [2.45, 2.75) is 69.8 Å². The zero-order chi connectivity index (χ0) is 19.0. The van der Waals surface area contributed by atoms with Crippen molar-refractivity contribution >= 4 is 17.4 Å². The lowest BCUT2D eigenvalue weighted by molar-refractivity contribution is 0.332. The lowest BCUT2D eigenvalue weighted by Gasteiger charge is -2.26. The number of pyridine rings is 1. The van der Waals surface area contributed by atoms with E-state index in [1.165, 1.54) is 37.8 Å². The molecule has 3 heterocycles. The average Bonchev–Trinajstić information content (AvgIpc) is 2.95. The molecule has 0 saturated heterocycles. The van der Waals surface area contributed by atoms with E-state index in [2.05, 4.69) is 18.4 Å². The first kappa shape index (κ1) is 18.3. The van der Waals surface area contributed by atoms with Crippen molar-refractivity contribution in [1.82, 2.24) is 18.9 Å². The molecule has 1 fully saturated rings. The molecule has 1 saturated carbocycles. The summed E-state index contributed by atoms with van der Waals surface area (Å²) in [4.78, 5) is 22.0. The molecule has 0 aromatic carbocycles. The van der Waals surface area contributed by atoms with E-state index in [1.807, 2.05) is 19.1 Å². The Morgan fingerprint density at radius 2 is 1.93 bits per heavy atom. The molecule has 3 aromatic heterocycles. The van der Waals surface area contributed by atoms with Crippen molar-refractivity contribution in [3.05, 3.63) is 57.4 Å². The molecule has 4 rings (SSSR count). The second kappa shape index (κ2) is 7.50. The predicted octanol–water partition coefficient (Wildman–Crippen LogP) is 4.61. The third-order valence-corrected chi connectivity index (χ3v) is 6.57. The van der Waals surface area contributed by atoms with Crippen molar-refractivity contribution in [3.63, 3.8) is 0 Å². The number of thioether (sulfide) groups is 1. The molecule has 0 N–H and O–H groups in total. The van der Waals surface area contributed by atoms with Crippen LogP contribution >= 0.6 is 11.8 Å². The normalized spacial score (nSPS) is 15.5. The smallest absolute Gasteiger partial charge is 0.258 e. The Morgan fingerprint density at radius 3 is 2.70 bits per heavy atom. The minimum atomic E-state index is -0.0257. The predicted molar refractivity (Wildman–Crippen MR) is 110 cm³/mol. The van der Waals surface area contributed by atoms with Crippen LogP contribution in [0.25, 0.3) is 5.65 Å². The number of nitrogens with zero attached hydrogens (tertiary/aromatic N) is 4. The second-order valence-electron chi connectivity index (χ2n) is 7.49. The second-order valence-corrected chi connectivity index (χ2v) is 8.43. The van der Waals surface area contributed by atoms with Crippen molar-refractivity contribution in [3.8, 4) is 0 Å². The Hall–Kier alpha value is -2.08. The molecule has 0 amide bonds. The number of hydrogen-bond acceptors (Lipinski definition) is 4. The first-order valence-electron chi connectivity index (χ1n) is 9.70. The Labute approximate surface area is 163 Å². The highest BCUT2D eigenvalue weighted by Crippen LogP contribution is 2.34. The summed E-state index contributed by atoms with van der Waals surface area (Å²) in [5.41, 5.74) is 4.91. The van der Waals surface area contributed by atoms with Crippen LogP contribution in [0.3, 0.4) is 0 Å². The summed E-state index contributed by atoms with van der Waals surface area (Å²) in [6, 6.07) is 6.07. The van der Waals surface area contributed by atoms with Crippen molar-refractivity contribution < 1.29 is 0 Å². The molecule has 0 aliphatic heterocycles. The summed E-state index contributed by atoms with van der Waals surface area (Å²) in [7, 11) is 0. The van der Waals surface area contributed by atoms with Gasteiger partial charge >= 0.3 is 0 Å². The topological polar surface area (TPSA) is 52.2 Å². The van der Waals surface area contributed by atoms with Gasteiger partial charge in [0.05, 0.1) is 11.4 Å². The van der Waals surface area contributed by atoms with Gasteiger partial charge in [-0.05, 0) is 45.2 Å². The molecule has 1 aliphatic rings. The Morgan fingerprint density at radius 1 is 1.15 bits per heavy atom. The Kier molecular flexibility index (Phi) is 5.08. The highest BCUT2D eigenvalue weighted by atomic mass is 32.2. The lowest BCUT2D eigenvalue weighted by Crippen LogP contribution is -2.16. The zero-order valence-electron chi connectivity index (χ0n) is 16.2. The maximum absolute atomic E-state index is 12.4. The van der Waals surface area contributed by atoms with Gasteiger partial charge in [-0.3, -0.25) is 9.20 Å². The highest BCUT2D eigenvalue weighted by molar-refractivity contribution is 7.98. The van der Waals surface area contributed by atoms with E-state index in [1.54, 1.807) is 28.4 Å². The number of fused-ring (bicyclic) bond motifs is 1. The standard InChI is InChI=1S/C21H26N4OS/c1-14-8-7-11-24-19(26)12-17(23-20(14)24)13-27-21-22-15(2)16(3)25(21)18-9-5-4-6-10-18/h7-8,11-12,18H,4-6,9-10,13H2,1-3H3. The quantitative estimate of drug-likeness (QED) is 0.618. The molecule has 0 unspecified atom stereocenters. The molecule has 0 bridgehead atoms. The third-order valence-electron chi connectivity index (χ3n) is 5.58. The number of aromatic nitrogens is 4. The van der Waals surface area contributed by atoms with E-state index in [0.29, 0.717) is 11.8 Å². The average molecular weight is 383 g/mol. The molecule has 1 aliphatic carbocycles. The monoisotopic (exact) mass is 382 g/mol. The summed E-state index contributed by atoms with van der Waals surface area (Å²) in [6.07, 6.45) is 8.19. The van der Waals surface area contributed by atoms with Crippen LogP contribution in [0.5, 0.6) is 0 Å². The summed E-state index contributed by atoms with van der Waals surface area (Å²) < 4.78 is 4.04. The molecule has 0 atom stereocenters. The fraction of sp³-hybridized carbons (Fsp3) is 0.476. The van der Waals surface area contributed by atoms with Gasteiger partial charge in [-0.1, -0.05) is 37.1 Å². The first-order valence-corrected chi connectivity index (χ1v) is 10.7. The van der Waals surface area contributed by atoms with Gasteiger partial charge in [0.2, 0.25) is 0 Å². The van der Waals surface area contributed by atoms with E-state index >= 15 is 0 Å². The zero-order valence-corrected chi connectivity index (χ0v) is 17.1. The van der Waals surface area contributed by atoms with Gasteiger partial charge in [-0.15, -0.1) is 0 Å². The maximum atomic E-state index is 12.4. The van der Waals surface area contributed by atoms with Gasteiger partial charge in [0.25, 0.3) is 5.56 Å². The van der Waals surface area contributed by atoms with Crippen molar-refractivity contribution in [2.75, 3.05) is 0 Å². The molecular weight excluding hydrogens is 356 g/mol. The van der Waals surface area contributed by atoms with Crippen LogP contribution in [0.2, 0.25) is 0 Å². The van der Waals surface area contributed by atoms with E-state index < -0.39 is 0 Å². The Balaban J connectivity index is 1.62. The van der Waals surface area contributed by atoms with Gasteiger partial charge in [0.15, 0.2) is 5.16 Å². The number of hydrogen-bond donors (Lipinski definition) is 0. The molecule has 0 spiro atoms. The summed E-state index contributed by atoms with van der Waals surface area (Å²) in [6.45, 7) is 6.25. The van der Waals surface area contributed by atoms with Crippen LogP contribution in [-0.2, 0) is 5.75 Å². The minimum absolute atomic E-state index is 0.0257. The summed E-state index contributed by atoms with van der Waals surface area (Å²) in [5.74, 6) is 0.655. The number of imidazole rings is 1. The molecule has 3 aromatic rings. The van der Waals surface area contributed by atoms with Gasteiger partial charge in [-0.25, -0.2) is 9.97 Å². The summed E-state index contributed by atoms with van der Waals surface area (Å²) >= 11 is 1.69. The molecule has 27 heavy (non-hydrogen) atoms. The highest BCUT2D eigenvalue weighted by Gasteiger charge is 2.22. The fourth-order valence-electron chi connectivity index (χ4n) is 3.99. The van der Waals surface area contributed by atoms with Crippen LogP contribution in [0, 0.1) is 20.8 Å². The van der Waals surface area contributed by atoms with Crippen LogP contribution in [-0.4, -0.2) is 18.9 Å². The molecule has 142 valence electrons. The van der Waals surface area contributed by atoms with E-state index in [4.69, 9.17) is 9.97 Å². The summed E-state index contributed by atoms with van der Waals surface area (Å²) in [5, 5.41) is 1.06. The molecule has 0 radical (unpaired) electrons. The van der Waals surface area contributed by atoms with Gasteiger partial charge in [0.1, 0.15) is 5.65 Å². The molecule has 5 nitrogen and oxygen atoms in total. The molecule has 6 heteroatoms. The van der Waals surface area contributed by atoms with Crippen LogP contribution in [0.4, 0.5) is 0 Å². The van der Waals surface area contributed by atoms with E-state index in [9.17, 15) is 4.79 Å². The lowest BCUT2D eigenvalue weighted by atomic mass is 9.95.